The van der Waals surface area contributed by atoms with E-state index in [0.29, 0.717) is 123 Å². The van der Waals surface area contributed by atoms with E-state index < -0.39 is 6.04 Å². The van der Waals surface area contributed by atoms with Crippen molar-refractivity contribution in [2.45, 2.75) is 52.6 Å². The van der Waals surface area contributed by atoms with Crippen molar-refractivity contribution in [1.29, 1.82) is 0 Å². The van der Waals surface area contributed by atoms with Crippen LogP contribution in [-0.2, 0) is 39.9 Å². The van der Waals surface area contributed by atoms with E-state index in [1.807, 2.05) is 35.8 Å². The Morgan fingerprint density at radius 2 is 1.38 bits per heavy atom. The van der Waals surface area contributed by atoms with E-state index in [9.17, 15) is 19.2 Å². The second-order valence-corrected chi connectivity index (χ2v) is 22.8. The van der Waals surface area contributed by atoms with Gasteiger partial charge in [-0.25, -0.2) is 4.98 Å². The summed E-state index contributed by atoms with van der Waals surface area (Å²) >= 11 is 21.4. The molecule has 2 aliphatic rings. The number of nitrogens with one attached hydrogen (secondary N) is 4. The number of rotatable bonds is 32. The first-order valence-electron chi connectivity index (χ1n) is 28.4. The maximum absolute atomic E-state index is 14.3. The first-order valence-corrected chi connectivity index (χ1v) is 30.4. The minimum Gasteiger partial charge on any atom is -0.495 e. The van der Waals surface area contributed by atoms with Gasteiger partial charge in [0.05, 0.1) is 94.8 Å². The standard InChI is InChI=1S/C59H74Cl3N13O10S/c1-36(35-73-21-19-72(20-22-73)17-8-18-74-54-41(34-67-59(63-5)69-54)31-43(57(74)79)50-51(61)45(80-6)33-46(81-7)52(50)62)56(78)66-15-14-64-47(76)13-23-82-25-27-84-29-30-85-28-26-83-24-16-65-48(77)32-44-55-71-70-39(4)75(55)58-49(37(2)38(3)86-58)53(68-44)40-9-11-42(60)12-10-40/h9-12,31,33-34,44H,1,8,13-30,32,35H2,2-7H3,(H,64,76)(H,65,77)(H,66,78)(H,63,67,69)/t44-/m1/s1. The lowest BCUT2D eigenvalue weighted by Gasteiger charge is -2.34. The van der Waals surface area contributed by atoms with Crippen LogP contribution in [0.2, 0.25) is 15.1 Å². The molecule has 6 heterocycles. The molecule has 0 spiro atoms. The number of ether oxygens (including phenoxy) is 6. The van der Waals surface area contributed by atoms with Gasteiger partial charge in [0.2, 0.25) is 23.7 Å². The normalized spacial score (nSPS) is 14.3. The molecule has 3 amide bonds. The summed E-state index contributed by atoms with van der Waals surface area (Å²) in [6.07, 6.45) is 2.55. The Kier molecular flexibility index (Phi) is 24.2. The Morgan fingerprint density at radius 1 is 0.756 bits per heavy atom. The zero-order valence-electron chi connectivity index (χ0n) is 49.3. The number of methoxy groups -OCH3 is 2. The SMILES string of the molecule is C=C(CN1CCN(CCCn2c(=O)c(-c3c(Cl)c(OC)cc(OC)c3Cl)cc3cnc(NC)nc32)CC1)C(=O)NCCNC(=O)CCOCCOCCOCCOCCNC(=O)C[C@H]1N=C(c2ccc(Cl)cc2)c2c(sc(C)c2C)-n2c(C)nnc21. The molecule has 0 saturated carbocycles. The molecule has 0 aliphatic carbocycles. The molecule has 1 atom stereocenters. The van der Waals surface area contributed by atoms with Gasteiger partial charge in [0, 0.05) is 122 Å². The minimum atomic E-state index is -0.563. The fourth-order valence-corrected chi connectivity index (χ4v) is 12.0. The number of halogens is 3. The topological polar surface area (TPSA) is 252 Å². The van der Waals surface area contributed by atoms with E-state index in [1.54, 1.807) is 41.3 Å². The van der Waals surface area contributed by atoms with Crippen LogP contribution in [0.4, 0.5) is 5.95 Å². The Morgan fingerprint density at radius 3 is 2.05 bits per heavy atom. The van der Waals surface area contributed by atoms with Crippen LogP contribution < -0.4 is 36.3 Å². The maximum Gasteiger partial charge on any atom is 0.260 e. The monoisotopic (exact) mass is 1260 g/mol. The van der Waals surface area contributed by atoms with E-state index in [0.717, 1.165) is 66.0 Å². The van der Waals surface area contributed by atoms with Crippen molar-refractivity contribution in [2.24, 2.45) is 4.99 Å². The number of carbonyl (C=O) groups excluding carboxylic acids is 3. The van der Waals surface area contributed by atoms with Gasteiger partial charge in [-0.2, -0.15) is 4.98 Å². The number of aromatic nitrogens is 6. The number of benzene rings is 2. The Labute approximate surface area is 518 Å². The molecule has 4 N–H and O–H groups in total. The highest BCUT2D eigenvalue weighted by atomic mass is 35.5. The molecule has 1 fully saturated rings. The lowest BCUT2D eigenvalue weighted by Crippen LogP contribution is -2.48. The second-order valence-electron chi connectivity index (χ2n) is 20.4. The van der Waals surface area contributed by atoms with Crippen LogP contribution in [0.15, 0.2) is 64.5 Å². The minimum absolute atomic E-state index is 0.0832. The van der Waals surface area contributed by atoms with E-state index in [4.69, 9.17) is 68.2 Å². The summed E-state index contributed by atoms with van der Waals surface area (Å²) < 4.78 is 37.0. The largest absolute Gasteiger partial charge is 0.495 e. The number of piperazine rings is 1. The number of hydrogen-bond acceptors (Lipinski definition) is 19. The van der Waals surface area contributed by atoms with Crippen molar-refractivity contribution in [2.75, 3.05) is 138 Å². The van der Waals surface area contributed by atoms with Crippen LogP contribution in [0.5, 0.6) is 11.5 Å². The summed E-state index contributed by atoms with van der Waals surface area (Å²) in [7, 11) is 4.67. The molecule has 0 unspecified atom stereocenters. The van der Waals surface area contributed by atoms with Gasteiger partial charge in [0.15, 0.2) is 5.82 Å². The molecule has 462 valence electrons. The van der Waals surface area contributed by atoms with Crippen LogP contribution in [0.3, 0.4) is 0 Å². The summed E-state index contributed by atoms with van der Waals surface area (Å²) in [5.74, 6) is 1.71. The van der Waals surface area contributed by atoms with Gasteiger partial charge >= 0.3 is 0 Å². The molecule has 2 aromatic carbocycles. The Bertz CT molecular complexity index is 3410. The number of thiophene rings is 1. The first-order chi connectivity index (χ1) is 41.6. The molecular weight excluding hydrogens is 1190 g/mol. The maximum atomic E-state index is 14.3. The molecule has 23 nitrogen and oxygen atoms in total. The smallest absolute Gasteiger partial charge is 0.260 e. The predicted octanol–water partition coefficient (Wildman–Crippen LogP) is 6.40. The quantitative estimate of drug-likeness (QED) is 0.0263. The third-order valence-electron chi connectivity index (χ3n) is 14.6. The van der Waals surface area contributed by atoms with E-state index in [-0.39, 0.29) is 71.4 Å². The average Bonchev–Trinajstić information content (AvgIpc) is 1.84. The summed E-state index contributed by atoms with van der Waals surface area (Å²) in [6.45, 7) is 18.1. The van der Waals surface area contributed by atoms with E-state index in [2.05, 4.69) is 71.7 Å². The summed E-state index contributed by atoms with van der Waals surface area (Å²) in [5.41, 5.74) is 4.98. The van der Waals surface area contributed by atoms with Crippen molar-refractivity contribution in [3.63, 3.8) is 0 Å². The molecule has 27 heteroatoms. The Hall–Kier alpha value is -6.58. The predicted molar refractivity (Wildman–Crippen MR) is 333 cm³/mol. The molecular formula is C59H74Cl3N13O10S. The van der Waals surface area contributed by atoms with Crippen molar-refractivity contribution in [1.82, 2.24) is 55.0 Å². The lowest BCUT2D eigenvalue weighted by molar-refractivity contribution is -0.123. The average molecular weight is 1260 g/mol. The molecule has 2 aliphatic heterocycles. The third kappa shape index (κ3) is 16.7. The number of nitrogens with zero attached hydrogens (tertiary/aromatic N) is 9. The Balaban J connectivity index is 0.628. The fraction of sp³-hybridized carbons (Fsp3) is 0.475. The summed E-state index contributed by atoms with van der Waals surface area (Å²) in [6, 6.07) is 10.3. The highest BCUT2D eigenvalue weighted by Crippen LogP contribution is 2.46. The van der Waals surface area contributed by atoms with Gasteiger partial charge < -0.3 is 54.6 Å². The van der Waals surface area contributed by atoms with E-state index in [1.165, 1.54) is 19.1 Å². The number of aryl methyl sites for hydroxylation is 3. The molecule has 0 radical (unpaired) electrons. The number of pyridine rings is 1. The van der Waals surface area contributed by atoms with Crippen LogP contribution in [0, 0.1) is 20.8 Å². The summed E-state index contributed by atoms with van der Waals surface area (Å²) in [4.78, 5) is 72.6. The van der Waals surface area contributed by atoms with Crippen molar-refractivity contribution >= 4 is 86.6 Å². The van der Waals surface area contributed by atoms with Crippen LogP contribution in [-0.4, -0.2) is 196 Å². The molecule has 6 aromatic rings. The highest BCUT2D eigenvalue weighted by molar-refractivity contribution is 7.15. The fourth-order valence-electron chi connectivity index (χ4n) is 9.91. The second kappa shape index (κ2) is 31.9. The van der Waals surface area contributed by atoms with Gasteiger partial charge in [-0.15, -0.1) is 21.5 Å². The zero-order valence-corrected chi connectivity index (χ0v) is 52.4. The van der Waals surface area contributed by atoms with Crippen LogP contribution in [0.1, 0.15) is 58.5 Å². The first kappa shape index (κ1) is 65.4. The zero-order chi connectivity index (χ0) is 61.3. The van der Waals surface area contributed by atoms with Crippen molar-refractivity contribution in [3.8, 4) is 27.6 Å². The number of fused-ring (bicyclic) bond motifs is 4. The number of carbonyl (C=O) groups is 3. The molecule has 1 saturated heterocycles. The number of amides is 3. The number of anilines is 1. The van der Waals surface area contributed by atoms with Crippen LogP contribution >= 0.6 is 46.1 Å². The van der Waals surface area contributed by atoms with Gasteiger partial charge in [-0.05, 0) is 57.5 Å². The lowest BCUT2D eigenvalue weighted by atomic mass is 9.99. The molecule has 8 rings (SSSR count). The molecule has 0 bridgehead atoms. The number of aliphatic imine (C=N–C) groups is 1. The van der Waals surface area contributed by atoms with E-state index >= 15 is 0 Å². The van der Waals surface area contributed by atoms with Crippen molar-refractivity contribution < 1.29 is 42.8 Å². The van der Waals surface area contributed by atoms with Gasteiger partial charge in [0.1, 0.15) is 34.0 Å². The molecule has 86 heavy (non-hydrogen) atoms. The van der Waals surface area contributed by atoms with Gasteiger partial charge in [-0.3, -0.25) is 38.2 Å². The molecule has 4 aromatic heterocycles. The summed E-state index contributed by atoms with van der Waals surface area (Å²) in [5, 5.41) is 23.0. The number of hydrogen-bond donors (Lipinski definition) is 4. The van der Waals surface area contributed by atoms with Gasteiger partial charge in [0.25, 0.3) is 5.56 Å². The van der Waals surface area contributed by atoms with Gasteiger partial charge in [-0.1, -0.05) is 53.5 Å². The highest BCUT2D eigenvalue weighted by Gasteiger charge is 2.33. The van der Waals surface area contributed by atoms with Crippen molar-refractivity contribution in [3.05, 3.63) is 113 Å². The third-order valence-corrected chi connectivity index (χ3v) is 16.8. The van der Waals surface area contributed by atoms with Crippen LogP contribution in [0.25, 0.3) is 27.2 Å².